The fraction of sp³-hybridized carbons (Fsp3) is 0.250. The van der Waals surface area contributed by atoms with Gasteiger partial charge in [0.25, 0.3) is 11.5 Å². The number of carbonyl (C=O) groups is 1. The molecule has 0 saturated carbocycles. The highest BCUT2D eigenvalue weighted by atomic mass is 32.2. The average molecular weight is 479 g/mol. The predicted molar refractivity (Wildman–Crippen MR) is 132 cm³/mol. The van der Waals surface area contributed by atoms with Gasteiger partial charge in [0.1, 0.15) is 16.4 Å². The Morgan fingerprint density at radius 2 is 2.06 bits per heavy atom. The number of benzene rings is 1. The van der Waals surface area contributed by atoms with Crippen LogP contribution < -0.4 is 11.0 Å². The molecule has 0 atom stereocenters. The highest BCUT2D eigenvalue weighted by molar-refractivity contribution is 7.99. The number of hydrogen-bond acceptors (Lipinski definition) is 7. The Kier molecular flexibility index (Phi) is 6.15. The van der Waals surface area contributed by atoms with E-state index < -0.39 is 0 Å². The van der Waals surface area contributed by atoms with E-state index in [-0.39, 0.29) is 17.2 Å². The number of hydrazone groups is 1. The number of aromatic nitrogens is 2. The van der Waals surface area contributed by atoms with Gasteiger partial charge in [0.05, 0.1) is 23.0 Å². The van der Waals surface area contributed by atoms with Crippen molar-refractivity contribution in [1.82, 2.24) is 15.0 Å². The van der Waals surface area contributed by atoms with Crippen molar-refractivity contribution < 1.29 is 9.21 Å². The minimum atomic E-state index is -0.293. The summed E-state index contributed by atoms with van der Waals surface area (Å²) in [4.78, 5) is 32.9. The van der Waals surface area contributed by atoms with E-state index in [1.165, 1.54) is 22.9 Å². The van der Waals surface area contributed by atoms with E-state index in [4.69, 9.17) is 9.40 Å². The lowest BCUT2D eigenvalue weighted by Gasteiger charge is -2.13. The minimum absolute atomic E-state index is 0.0697. The Morgan fingerprint density at radius 1 is 1.24 bits per heavy atom. The van der Waals surface area contributed by atoms with Gasteiger partial charge in [-0.05, 0) is 62.4 Å². The number of furan rings is 1. The summed E-state index contributed by atoms with van der Waals surface area (Å²) in [6.45, 7) is 1.84. The molecule has 5 rings (SSSR count). The highest BCUT2D eigenvalue weighted by Gasteiger charge is 2.23. The summed E-state index contributed by atoms with van der Waals surface area (Å²) >= 11 is 2.83. The van der Waals surface area contributed by atoms with Gasteiger partial charge < -0.3 is 4.42 Å². The molecule has 0 unspecified atom stereocenters. The van der Waals surface area contributed by atoms with E-state index in [2.05, 4.69) is 10.5 Å². The third-order valence-electron chi connectivity index (χ3n) is 5.45. The van der Waals surface area contributed by atoms with Crippen LogP contribution in [-0.2, 0) is 17.6 Å². The van der Waals surface area contributed by atoms with Crippen LogP contribution in [0.4, 0.5) is 0 Å². The molecule has 168 valence electrons. The second kappa shape index (κ2) is 9.36. The monoisotopic (exact) mass is 478 g/mol. The molecule has 1 aliphatic carbocycles. The van der Waals surface area contributed by atoms with Gasteiger partial charge in [0, 0.05) is 4.88 Å². The molecule has 4 aromatic rings. The molecule has 1 N–H and O–H groups in total. The van der Waals surface area contributed by atoms with Crippen molar-refractivity contribution in [1.29, 1.82) is 0 Å². The molecule has 1 aliphatic rings. The molecule has 9 heteroatoms. The van der Waals surface area contributed by atoms with Crippen molar-refractivity contribution in [2.75, 3.05) is 5.75 Å². The lowest BCUT2D eigenvalue weighted by Crippen LogP contribution is -2.24. The normalized spacial score (nSPS) is 13.5. The molecule has 1 amide bonds. The lowest BCUT2D eigenvalue weighted by atomic mass is 9.97. The molecule has 1 aromatic carbocycles. The summed E-state index contributed by atoms with van der Waals surface area (Å²) in [7, 11) is 0. The van der Waals surface area contributed by atoms with Crippen LogP contribution in [-0.4, -0.2) is 27.4 Å². The van der Waals surface area contributed by atoms with Crippen LogP contribution in [0.15, 0.2) is 61.9 Å². The maximum Gasteiger partial charge on any atom is 0.267 e. The number of carbonyl (C=O) groups excluding carboxylic acids is 1. The summed E-state index contributed by atoms with van der Waals surface area (Å²) in [5, 5.41) is 5.17. The molecule has 0 fully saturated rings. The Morgan fingerprint density at radius 3 is 2.85 bits per heavy atom. The number of nitrogens with one attached hydrogen (secondary N) is 1. The van der Waals surface area contributed by atoms with Crippen molar-refractivity contribution >= 4 is 45.4 Å². The molecule has 0 bridgehead atoms. The zero-order chi connectivity index (χ0) is 22.8. The predicted octanol–water partition coefficient (Wildman–Crippen LogP) is 4.47. The summed E-state index contributed by atoms with van der Waals surface area (Å²) in [5.74, 6) is 1.12. The summed E-state index contributed by atoms with van der Waals surface area (Å²) < 4.78 is 7.02. The molecule has 7 nitrogen and oxygen atoms in total. The summed E-state index contributed by atoms with van der Waals surface area (Å²) in [6, 6.07) is 13.1. The third-order valence-corrected chi connectivity index (χ3v) is 7.57. The summed E-state index contributed by atoms with van der Waals surface area (Å²) in [5.41, 5.74) is 4.32. The first-order valence-corrected chi connectivity index (χ1v) is 12.5. The first-order chi connectivity index (χ1) is 16.1. The zero-order valence-electron chi connectivity index (χ0n) is 18.0. The van der Waals surface area contributed by atoms with Crippen LogP contribution >= 0.6 is 23.1 Å². The second-order valence-corrected chi connectivity index (χ2v) is 9.82. The number of hydrogen-bond donors (Lipinski definition) is 1. The van der Waals surface area contributed by atoms with Crippen LogP contribution in [0.25, 0.3) is 15.9 Å². The van der Waals surface area contributed by atoms with E-state index in [1.54, 1.807) is 22.0 Å². The average Bonchev–Trinajstić information content (AvgIpc) is 3.41. The number of rotatable bonds is 6. The SMILES string of the molecule is Cc1ccc(/C=N\NC(=O)CSc2nc3sc4c(c3c(=O)n2-c2ccccc2)CCCC4)o1. The maximum atomic E-state index is 13.6. The van der Waals surface area contributed by atoms with E-state index in [0.29, 0.717) is 10.9 Å². The Labute approximate surface area is 198 Å². The molecule has 3 heterocycles. The maximum absolute atomic E-state index is 13.6. The van der Waals surface area contributed by atoms with Crippen LogP contribution in [0.5, 0.6) is 0 Å². The van der Waals surface area contributed by atoms with E-state index in [0.717, 1.165) is 52.9 Å². The number of thioether (sulfide) groups is 1. The fourth-order valence-electron chi connectivity index (χ4n) is 3.94. The van der Waals surface area contributed by atoms with Gasteiger partial charge in [0.2, 0.25) is 0 Å². The van der Waals surface area contributed by atoms with E-state index >= 15 is 0 Å². The van der Waals surface area contributed by atoms with Crippen LogP contribution in [0, 0.1) is 6.92 Å². The zero-order valence-corrected chi connectivity index (χ0v) is 19.7. The van der Waals surface area contributed by atoms with Gasteiger partial charge in [-0.3, -0.25) is 14.2 Å². The molecular weight excluding hydrogens is 456 g/mol. The number of nitrogens with zero attached hydrogens (tertiary/aromatic N) is 3. The minimum Gasteiger partial charge on any atom is -0.460 e. The van der Waals surface area contributed by atoms with Gasteiger partial charge in [-0.15, -0.1) is 11.3 Å². The largest absolute Gasteiger partial charge is 0.460 e. The third kappa shape index (κ3) is 4.51. The van der Waals surface area contributed by atoms with Gasteiger partial charge in [-0.25, -0.2) is 10.4 Å². The Hall–Kier alpha value is -3.17. The number of thiophene rings is 1. The first-order valence-electron chi connectivity index (χ1n) is 10.7. The molecule has 0 radical (unpaired) electrons. The molecule has 3 aromatic heterocycles. The highest BCUT2D eigenvalue weighted by Crippen LogP contribution is 2.35. The van der Waals surface area contributed by atoms with Crippen LogP contribution in [0.1, 0.15) is 34.8 Å². The van der Waals surface area contributed by atoms with Crippen LogP contribution in [0.3, 0.4) is 0 Å². The van der Waals surface area contributed by atoms with Gasteiger partial charge in [-0.2, -0.15) is 5.10 Å². The molecule has 33 heavy (non-hydrogen) atoms. The number of fused-ring (bicyclic) bond motifs is 3. The van der Waals surface area contributed by atoms with E-state index in [9.17, 15) is 9.59 Å². The molecule has 0 saturated heterocycles. The topological polar surface area (TPSA) is 89.5 Å². The van der Waals surface area contributed by atoms with E-state index in [1.807, 2.05) is 43.3 Å². The fourth-order valence-corrected chi connectivity index (χ4v) is 6.05. The number of aryl methyl sites for hydroxylation is 3. The molecule has 0 spiro atoms. The standard InChI is InChI=1S/C24H22N4O3S2/c1-15-11-12-17(31-15)13-25-27-20(29)14-32-24-26-22-21(18-9-5-6-10-19(18)33-22)23(30)28(24)16-7-3-2-4-8-16/h2-4,7-8,11-13H,5-6,9-10,14H2,1H3,(H,27,29)/b25-13-. The van der Waals surface area contributed by atoms with Crippen molar-refractivity contribution in [3.05, 3.63) is 74.8 Å². The van der Waals surface area contributed by atoms with Gasteiger partial charge in [0.15, 0.2) is 5.16 Å². The lowest BCUT2D eigenvalue weighted by molar-refractivity contribution is -0.118. The Balaban J connectivity index is 1.43. The van der Waals surface area contributed by atoms with Gasteiger partial charge >= 0.3 is 0 Å². The van der Waals surface area contributed by atoms with Crippen molar-refractivity contribution in [3.8, 4) is 5.69 Å². The molecular formula is C24H22N4O3S2. The quantitative estimate of drug-likeness (QED) is 0.191. The smallest absolute Gasteiger partial charge is 0.267 e. The van der Waals surface area contributed by atoms with Crippen molar-refractivity contribution in [2.45, 2.75) is 37.8 Å². The van der Waals surface area contributed by atoms with Crippen molar-refractivity contribution in [2.24, 2.45) is 5.10 Å². The number of para-hydroxylation sites is 1. The van der Waals surface area contributed by atoms with Crippen LogP contribution in [0.2, 0.25) is 0 Å². The van der Waals surface area contributed by atoms with Gasteiger partial charge in [-0.1, -0.05) is 30.0 Å². The number of amides is 1. The first kappa shape index (κ1) is 21.7. The van der Waals surface area contributed by atoms with Crippen molar-refractivity contribution in [3.63, 3.8) is 0 Å². The second-order valence-electron chi connectivity index (χ2n) is 7.79. The molecule has 0 aliphatic heterocycles. The Bertz CT molecular complexity index is 1400. The summed E-state index contributed by atoms with van der Waals surface area (Å²) in [6.07, 6.45) is 5.61.